The monoisotopic (exact) mass is 283 g/mol. The molecule has 0 bridgehead atoms. The van der Waals surface area contributed by atoms with Gasteiger partial charge < -0.3 is 5.32 Å². The second kappa shape index (κ2) is 5.39. The normalized spacial score (nSPS) is 25.1. The minimum absolute atomic E-state index is 0.0637. The van der Waals surface area contributed by atoms with Crippen molar-refractivity contribution >= 4 is 21.8 Å². The van der Waals surface area contributed by atoms with E-state index < -0.39 is 0 Å². The van der Waals surface area contributed by atoms with Crippen molar-refractivity contribution in [3.8, 4) is 0 Å². The predicted octanol–water partition coefficient (Wildman–Crippen LogP) is 1.91. The zero-order valence-electron chi connectivity index (χ0n) is 8.90. The molecule has 1 amide bonds. The van der Waals surface area contributed by atoms with Gasteiger partial charge in [-0.15, -0.1) is 0 Å². The lowest BCUT2D eigenvalue weighted by molar-refractivity contribution is 0.0929. The van der Waals surface area contributed by atoms with E-state index in [9.17, 15) is 4.79 Å². The van der Waals surface area contributed by atoms with E-state index in [1.807, 2.05) is 0 Å². The number of rotatable bonds is 2. The fourth-order valence-corrected chi connectivity index (χ4v) is 2.65. The van der Waals surface area contributed by atoms with E-state index in [1.165, 1.54) is 25.2 Å². The molecular formula is C11H14BrN3O. The van der Waals surface area contributed by atoms with E-state index in [0.29, 0.717) is 10.4 Å². The molecular weight excluding hydrogens is 270 g/mol. The van der Waals surface area contributed by atoms with Crippen LogP contribution >= 0.6 is 15.9 Å². The van der Waals surface area contributed by atoms with Gasteiger partial charge in [0.15, 0.2) is 0 Å². The maximum Gasteiger partial charge on any atom is 0.253 e. The van der Waals surface area contributed by atoms with Crippen LogP contribution in [0, 0.1) is 0 Å². The Labute approximate surface area is 103 Å². The van der Waals surface area contributed by atoms with Crippen LogP contribution in [-0.2, 0) is 0 Å². The molecule has 1 aromatic heterocycles. The van der Waals surface area contributed by atoms with E-state index in [4.69, 9.17) is 0 Å². The summed E-state index contributed by atoms with van der Waals surface area (Å²) in [5.74, 6) is -0.0637. The van der Waals surface area contributed by atoms with Gasteiger partial charge in [-0.3, -0.25) is 4.79 Å². The van der Waals surface area contributed by atoms with Crippen LogP contribution in [-0.4, -0.2) is 27.0 Å². The summed E-state index contributed by atoms with van der Waals surface area (Å²) >= 11 is 3.61. The molecule has 2 atom stereocenters. The lowest BCUT2D eigenvalue weighted by Gasteiger charge is -2.28. The number of hydrogen-bond acceptors (Lipinski definition) is 3. The number of carbonyl (C=O) groups excluding carboxylic acids is 1. The first kappa shape index (κ1) is 11.5. The van der Waals surface area contributed by atoms with E-state index >= 15 is 0 Å². The molecule has 4 nitrogen and oxygen atoms in total. The average molecular weight is 284 g/mol. The summed E-state index contributed by atoms with van der Waals surface area (Å²) in [6.07, 6.45) is 7.60. The third-order valence-corrected chi connectivity index (χ3v) is 3.94. The van der Waals surface area contributed by atoms with Gasteiger partial charge in [-0.25, -0.2) is 0 Å². The smallest absolute Gasteiger partial charge is 0.253 e. The highest BCUT2D eigenvalue weighted by Gasteiger charge is 2.24. The molecule has 1 aliphatic rings. The minimum atomic E-state index is -0.0637. The lowest BCUT2D eigenvalue weighted by atomic mass is 9.95. The van der Waals surface area contributed by atoms with Crippen LogP contribution in [0.25, 0.3) is 0 Å². The number of aromatic nitrogens is 2. The fourth-order valence-electron chi connectivity index (χ4n) is 1.92. The van der Waals surface area contributed by atoms with Crippen LogP contribution in [0.1, 0.15) is 36.0 Å². The summed E-state index contributed by atoms with van der Waals surface area (Å²) in [5.41, 5.74) is 0.570. The Kier molecular flexibility index (Phi) is 3.88. The lowest BCUT2D eigenvalue weighted by Crippen LogP contribution is -2.42. The Bertz CT molecular complexity index is 358. The molecule has 86 valence electrons. The van der Waals surface area contributed by atoms with Crippen LogP contribution in [0.4, 0.5) is 0 Å². The van der Waals surface area contributed by atoms with Crippen molar-refractivity contribution in [2.45, 2.75) is 36.6 Å². The van der Waals surface area contributed by atoms with E-state index in [0.717, 1.165) is 12.8 Å². The average Bonchev–Trinajstić information content (AvgIpc) is 2.33. The molecule has 0 spiro atoms. The Morgan fingerprint density at radius 1 is 1.38 bits per heavy atom. The molecule has 1 aromatic rings. The van der Waals surface area contributed by atoms with Crippen molar-refractivity contribution in [2.75, 3.05) is 0 Å². The number of amides is 1. The number of carbonyl (C=O) groups is 1. The molecule has 16 heavy (non-hydrogen) atoms. The predicted molar refractivity (Wildman–Crippen MR) is 64.5 cm³/mol. The van der Waals surface area contributed by atoms with Crippen LogP contribution in [0.3, 0.4) is 0 Å². The zero-order chi connectivity index (χ0) is 11.4. The summed E-state index contributed by atoms with van der Waals surface area (Å²) in [4.78, 5) is 12.2. The second-order valence-corrected chi connectivity index (χ2v) is 5.19. The quantitative estimate of drug-likeness (QED) is 0.844. The highest BCUT2D eigenvalue weighted by molar-refractivity contribution is 9.09. The van der Waals surface area contributed by atoms with Crippen LogP contribution in [0.15, 0.2) is 18.5 Å². The van der Waals surface area contributed by atoms with Crippen molar-refractivity contribution in [3.63, 3.8) is 0 Å². The molecule has 0 aromatic carbocycles. The summed E-state index contributed by atoms with van der Waals surface area (Å²) < 4.78 is 0. The van der Waals surface area contributed by atoms with Crippen LogP contribution in [0.5, 0.6) is 0 Å². The summed E-state index contributed by atoms with van der Waals surface area (Å²) in [6, 6.07) is 1.91. The zero-order valence-corrected chi connectivity index (χ0v) is 10.5. The maximum absolute atomic E-state index is 11.9. The van der Waals surface area contributed by atoms with E-state index in [-0.39, 0.29) is 11.9 Å². The summed E-state index contributed by atoms with van der Waals surface area (Å²) in [6.45, 7) is 0. The van der Waals surface area contributed by atoms with Crippen molar-refractivity contribution < 1.29 is 4.79 Å². The minimum Gasteiger partial charge on any atom is -0.348 e. The van der Waals surface area contributed by atoms with Gasteiger partial charge in [0, 0.05) is 10.9 Å². The van der Waals surface area contributed by atoms with Crippen molar-refractivity contribution in [3.05, 3.63) is 24.0 Å². The van der Waals surface area contributed by atoms with Gasteiger partial charge in [0.2, 0.25) is 0 Å². The van der Waals surface area contributed by atoms with Crippen molar-refractivity contribution in [1.82, 2.24) is 15.5 Å². The number of hydrogen-bond donors (Lipinski definition) is 1. The SMILES string of the molecule is O=C(NC1CCCCC1Br)c1ccnnc1. The number of nitrogens with one attached hydrogen (secondary N) is 1. The number of alkyl halides is 1. The summed E-state index contributed by atoms with van der Waals surface area (Å²) in [7, 11) is 0. The molecule has 0 aliphatic heterocycles. The Morgan fingerprint density at radius 2 is 2.19 bits per heavy atom. The van der Waals surface area contributed by atoms with Gasteiger partial charge in [-0.1, -0.05) is 28.8 Å². The topological polar surface area (TPSA) is 54.9 Å². The maximum atomic E-state index is 11.9. The molecule has 0 radical (unpaired) electrons. The molecule has 5 heteroatoms. The molecule has 1 saturated carbocycles. The van der Waals surface area contributed by atoms with Gasteiger partial charge in [0.25, 0.3) is 5.91 Å². The van der Waals surface area contributed by atoms with Gasteiger partial charge in [0.05, 0.1) is 18.0 Å². The van der Waals surface area contributed by atoms with Crippen LogP contribution in [0.2, 0.25) is 0 Å². The van der Waals surface area contributed by atoms with Crippen molar-refractivity contribution in [2.24, 2.45) is 0 Å². The number of halogens is 1. The van der Waals surface area contributed by atoms with Gasteiger partial charge in [-0.05, 0) is 18.9 Å². The molecule has 1 fully saturated rings. The largest absolute Gasteiger partial charge is 0.348 e. The Hall–Kier alpha value is -0.970. The highest BCUT2D eigenvalue weighted by atomic mass is 79.9. The highest BCUT2D eigenvalue weighted by Crippen LogP contribution is 2.24. The first-order chi connectivity index (χ1) is 7.77. The number of nitrogens with zero attached hydrogens (tertiary/aromatic N) is 2. The Balaban J connectivity index is 1.96. The standard InChI is InChI=1S/C11H14BrN3O/c12-9-3-1-2-4-10(9)15-11(16)8-5-6-13-14-7-8/h5-7,9-10H,1-4H2,(H,15,16). The Morgan fingerprint density at radius 3 is 2.88 bits per heavy atom. The third kappa shape index (κ3) is 2.78. The molecule has 1 aliphatic carbocycles. The molecule has 0 saturated heterocycles. The third-order valence-electron chi connectivity index (χ3n) is 2.84. The first-order valence-electron chi connectivity index (χ1n) is 5.49. The molecule has 1 heterocycles. The molecule has 1 N–H and O–H groups in total. The van der Waals surface area contributed by atoms with Gasteiger partial charge in [0.1, 0.15) is 0 Å². The van der Waals surface area contributed by atoms with E-state index in [1.54, 1.807) is 6.07 Å². The first-order valence-corrected chi connectivity index (χ1v) is 6.40. The molecule has 2 rings (SSSR count). The van der Waals surface area contributed by atoms with E-state index in [2.05, 4.69) is 31.4 Å². The van der Waals surface area contributed by atoms with Crippen LogP contribution < -0.4 is 5.32 Å². The molecule has 2 unspecified atom stereocenters. The second-order valence-electron chi connectivity index (χ2n) is 4.01. The van der Waals surface area contributed by atoms with Crippen molar-refractivity contribution in [1.29, 1.82) is 0 Å². The summed E-state index contributed by atoms with van der Waals surface area (Å²) in [5, 5.41) is 10.4. The van der Waals surface area contributed by atoms with Gasteiger partial charge >= 0.3 is 0 Å². The van der Waals surface area contributed by atoms with Gasteiger partial charge in [-0.2, -0.15) is 10.2 Å². The fraction of sp³-hybridized carbons (Fsp3) is 0.545.